The molecular formula is C44H79NO5. The molecule has 6 heteroatoms. The van der Waals surface area contributed by atoms with E-state index in [1.165, 1.54) is 89.9 Å². The van der Waals surface area contributed by atoms with Crippen LogP contribution in [0.25, 0.3) is 0 Å². The number of hydrogen-bond acceptors (Lipinski definition) is 5. The van der Waals surface area contributed by atoms with Gasteiger partial charge in [0, 0.05) is 6.42 Å². The third-order valence-corrected chi connectivity index (χ3v) is 9.27. The number of aliphatic hydroxyl groups excluding tert-OH is 2. The summed E-state index contributed by atoms with van der Waals surface area (Å²) < 4.78 is 5.83. The van der Waals surface area contributed by atoms with Crippen molar-refractivity contribution in [1.82, 2.24) is 5.32 Å². The minimum absolute atomic E-state index is 0.0326. The molecule has 0 aromatic carbocycles. The number of unbranched alkanes of at least 4 members (excludes halogenated alkanes) is 19. The molecule has 0 aromatic heterocycles. The van der Waals surface area contributed by atoms with Crippen molar-refractivity contribution in [3.8, 4) is 0 Å². The summed E-state index contributed by atoms with van der Waals surface area (Å²) >= 11 is 0. The van der Waals surface area contributed by atoms with E-state index in [-0.39, 0.29) is 24.9 Å². The molecule has 290 valence electrons. The van der Waals surface area contributed by atoms with E-state index in [1.807, 2.05) is 36.5 Å². The Morgan fingerprint density at radius 1 is 0.600 bits per heavy atom. The predicted octanol–water partition coefficient (Wildman–Crippen LogP) is 11.6. The van der Waals surface area contributed by atoms with Gasteiger partial charge in [-0.3, -0.25) is 9.59 Å². The highest BCUT2D eigenvalue weighted by atomic mass is 16.5. The van der Waals surface area contributed by atoms with Crippen LogP contribution in [-0.4, -0.2) is 46.9 Å². The highest BCUT2D eigenvalue weighted by molar-refractivity contribution is 5.77. The zero-order valence-corrected chi connectivity index (χ0v) is 32.8. The van der Waals surface area contributed by atoms with Crippen LogP contribution in [0.4, 0.5) is 0 Å². The Bertz CT molecular complexity index is 880. The molecule has 0 aliphatic rings. The van der Waals surface area contributed by atoms with Crippen molar-refractivity contribution >= 4 is 11.9 Å². The molecule has 3 N–H and O–H groups in total. The lowest BCUT2D eigenvalue weighted by molar-refractivity contribution is -0.151. The summed E-state index contributed by atoms with van der Waals surface area (Å²) in [6.07, 6.45) is 43.2. The molecule has 1 amide bonds. The second-order valence-corrected chi connectivity index (χ2v) is 14.1. The van der Waals surface area contributed by atoms with E-state index in [1.54, 1.807) is 0 Å². The summed E-state index contributed by atoms with van der Waals surface area (Å²) in [6.45, 7) is 6.26. The molecule has 3 unspecified atom stereocenters. The number of amides is 1. The van der Waals surface area contributed by atoms with Gasteiger partial charge in [0.1, 0.15) is 6.10 Å². The minimum atomic E-state index is -0.800. The van der Waals surface area contributed by atoms with Crippen LogP contribution in [0.3, 0.4) is 0 Å². The molecule has 0 fully saturated rings. The van der Waals surface area contributed by atoms with Crippen LogP contribution in [-0.2, 0) is 14.3 Å². The first-order chi connectivity index (χ1) is 24.5. The van der Waals surface area contributed by atoms with Crippen LogP contribution in [0.2, 0.25) is 0 Å². The van der Waals surface area contributed by atoms with Crippen molar-refractivity contribution in [2.75, 3.05) is 6.61 Å². The van der Waals surface area contributed by atoms with Crippen LogP contribution in [0.15, 0.2) is 48.6 Å². The van der Waals surface area contributed by atoms with Gasteiger partial charge in [-0.1, -0.05) is 191 Å². The van der Waals surface area contributed by atoms with E-state index in [0.717, 1.165) is 57.8 Å². The summed E-state index contributed by atoms with van der Waals surface area (Å²) in [5.74, 6) is -0.548. The fourth-order valence-electron chi connectivity index (χ4n) is 6.09. The lowest BCUT2D eigenvalue weighted by Crippen LogP contribution is -2.46. The van der Waals surface area contributed by atoms with Gasteiger partial charge in [-0.2, -0.15) is 0 Å². The highest BCUT2D eigenvalue weighted by Crippen LogP contribution is 2.16. The first kappa shape index (κ1) is 47.8. The Hall–Kier alpha value is -2.18. The van der Waals surface area contributed by atoms with Crippen LogP contribution in [0, 0.1) is 0 Å². The van der Waals surface area contributed by atoms with Gasteiger partial charge in [-0.15, -0.1) is 0 Å². The largest absolute Gasteiger partial charge is 0.462 e. The Kier molecular flexibility index (Phi) is 36.4. The van der Waals surface area contributed by atoms with E-state index in [4.69, 9.17) is 4.74 Å². The van der Waals surface area contributed by atoms with E-state index in [9.17, 15) is 19.8 Å². The lowest BCUT2D eigenvalue weighted by Gasteiger charge is -2.24. The monoisotopic (exact) mass is 702 g/mol. The van der Waals surface area contributed by atoms with Crippen LogP contribution >= 0.6 is 0 Å². The van der Waals surface area contributed by atoms with Crippen molar-refractivity contribution in [2.45, 2.75) is 212 Å². The van der Waals surface area contributed by atoms with E-state index < -0.39 is 18.2 Å². The molecule has 0 aliphatic heterocycles. The summed E-state index contributed by atoms with van der Waals surface area (Å²) in [4.78, 5) is 25.8. The van der Waals surface area contributed by atoms with E-state index in [0.29, 0.717) is 19.3 Å². The predicted molar refractivity (Wildman–Crippen MR) is 213 cm³/mol. The number of nitrogens with one attached hydrogen (secondary N) is 1. The van der Waals surface area contributed by atoms with Crippen LogP contribution in [0.1, 0.15) is 194 Å². The Morgan fingerprint density at radius 2 is 1.08 bits per heavy atom. The third kappa shape index (κ3) is 33.0. The summed E-state index contributed by atoms with van der Waals surface area (Å²) in [6, 6.07) is -0.717. The molecule has 3 atom stereocenters. The molecule has 0 saturated heterocycles. The van der Waals surface area contributed by atoms with Crippen LogP contribution in [0.5, 0.6) is 0 Å². The SMILES string of the molecule is CC/C=C/C=C/C=C\C=C/CCCC(CC(=O)NC(CO)C(O)CCCCCCCCCCCCC)OC(=O)CCCCCCCCCCC. The van der Waals surface area contributed by atoms with Gasteiger partial charge in [-0.05, 0) is 38.5 Å². The van der Waals surface area contributed by atoms with Crippen molar-refractivity contribution in [2.24, 2.45) is 0 Å². The van der Waals surface area contributed by atoms with Gasteiger partial charge in [0.05, 0.1) is 25.2 Å². The Balaban J connectivity index is 4.69. The number of esters is 1. The van der Waals surface area contributed by atoms with Crippen molar-refractivity contribution < 1.29 is 24.5 Å². The minimum Gasteiger partial charge on any atom is -0.462 e. The van der Waals surface area contributed by atoms with Gasteiger partial charge in [0.25, 0.3) is 0 Å². The quantitative estimate of drug-likeness (QED) is 0.0343. The van der Waals surface area contributed by atoms with Gasteiger partial charge >= 0.3 is 5.97 Å². The molecule has 0 aliphatic carbocycles. The molecule has 0 saturated carbocycles. The molecular weight excluding hydrogens is 622 g/mol. The number of hydrogen-bond donors (Lipinski definition) is 3. The van der Waals surface area contributed by atoms with Crippen LogP contribution < -0.4 is 5.32 Å². The molecule has 6 nitrogen and oxygen atoms in total. The number of carbonyl (C=O) groups is 2. The molecule has 0 aromatic rings. The number of allylic oxidation sites excluding steroid dienone is 8. The second-order valence-electron chi connectivity index (χ2n) is 14.1. The normalized spacial score (nSPS) is 13.9. The molecule has 0 radical (unpaired) electrons. The van der Waals surface area contributed by atoms with Gasteiger partial charge in [0.15, 0.2) is 0 Å². The van der Waals surface area contributed by atoms with E-state index in [2.05, 4.69) is 38.2 Å². The number of rotatable bonds is 36. The van der Waals surface area contributed by atoms with Crippen molar-refractivity contribution in [1.29, 1.82) is 0 Å². The second kappa shape index (κ2) is 38.1. The molecule has 0 rings (SSSR count). The fourth-order valence-corrected chi connectivity index (χ4v) is 6.09. The Morgan fingerprint density at radius 3 is 1.60 bits per heavy atom. The first-order valence-electron chi connectivity index (χ1n) is 20.9. The van der Waals surface area contributed by atoms with Crippen molar-refractivity contribution in [3.63, 3.8) is 0 Å². The molecule has 0 bridgehead atoms. The highest BCUT2D eigenvalue weighted by Gasteiger charge is 2.23. The summed E-state index contributed by atoms with van der Waals surface area (Å²) in [5, 5.41) is 23.5. The van der Waals surface area contributed by atoms with Gasteiger partial charge in [-0.25, -0.2) is 0 Å². The summed E-state index contributed by atoms with van der Waals surface area (Å²) in [5.41, 5.74) is 0. The maximum atomic E-state index is 13.0. The maximum Gasteiger partial charge on any atom is 0.306 e. The van der Waals surface area contributed by atoms with Crippen molar-refractivity contribution in [3.05, 3.63) is 48.6 Å². The number of ether oxygens (including phenoxy) is 1. The average Bonchev–Trinajstić information content (AvgIpc) is 3.10. The Labute approximate surface area is 308 Å². The average molecular weight is 702 g/mol. The standard InChI is InChI=1S/C44H79NO5/c1-4-7-10-13-16-19-21-24-26-29-32-35-40(50-44(49)37-34-31-28-23-18-15-12-9-6-3)38-43(48)45-41(39-46)42(47)36-33-30-27-25-22-20-17-14-11-8-5-2/h7,10,13,16,19,21,24,26,40-42,46-47H,4-6,8-9,11-12,14-15,17-18,20,22-23,25,27-39H2,1-3H3,(H,45,48)/b10-7+,16-13+,21-19-,26-24-. The lowest BCUT2D eigenvalue weighted by atomic mass is 10.0. The third-order valence-electron chi connectivity index (χ3n) is 9.27. The number of aliphatic hydroxyl groups is 2. The van der Waals surface area contributed by atoms with Gasteiger partial charge in [0.2, 0.25) is 5.91 Å². The first-order valence-corrected chi connectivity index (χ1v) is 20.9. The fraction of sp³-hybridized carbons (Fsp3) is 0.773. The molecule has 0 heterocycles. The zero-order valence-electron chi connectivity index (χ0n) is 32.8. The molecule has 0 spiro atoms. The molecule has 50 heavy (non-hydrogen) atoms. The van der Waals surface area contributed by atoms with E-state index >= 15 is 0 Å². The smallest absolute Gasteiger partial charge is 0.306 e. The zero-order chi connectivity index (χ0) is 36.8. The topological polar surface area (TPSA) is 95.9 Å². The van der Waals surface area contributed by atoms with Gasteiger partial charge < -0.3 is 20.3 Å². The number of carbonyl (C=O) groups excluding carboxylic acids is 2. The summed E-state index contributed by atoms with van der Waals surface area (Å²) in [7, 11) is 0. The maximum absolute atomic E-state index is 13.0.